The summed E-state index contributed by atoms with van der Waals surface area (Å²) in [5.74, 6) is 0.0442. The number of allylic oxidation sites excluding steroid dienone is 4. The van der Waals surface area contributed by atoms with E-state index in [1.807, 2.05) is 91.4 Å². The summed E-state index contributed by atoms with van der Waals surface area (Å²) in [6, 6.07) is 19.7. The molecule has 5 heteroatoms. The zero-order chi connectivity index (χ0) is 20.2. The van der Waals surface area contributed by atoms with E-state index in [-0.39, 0.29) is 23.0 Å². The van der Waals surface area contributed by atoms with Crippen LogP contribution in [0.3, 0.4) is 0 Å². The van der Waals surface area contributed by atoms with E-state index in [0.717, 1.165) is 11.1 Å². The number of hydrogen-bond donors (Lipinski definition) is 2. The molecule has 0 bridgehead atoms. The molecule has 0 saturated heterocycles. The molecular formula is C23H20MnNO3. The Morgan fingerprint density at radius 1 is 0.857 bits per heavy atom. The summed E-state index contributed by atoms with van der Waals surface area (Å²) in [6.45, 7) is 9.59. The maximum atomic E-state index is 9.64. The second-order valence-electron chi connectivity index (χ2n) is 4.85. The number of aliphatic hydroxyl groups excluding tert-OH is 1. The van der Waals surface area contributed by atoms with Crippen molar-refractivity contribution in [1.29, 1.82) is 0 Å². The van der Waals surface area contributed by atoms with Crippen molar-refractivity contribution >= 4 is 6.08 Å². The van der Waals surface area contributed by atoms with Gasteiger partial charge in [-0.05, 0) is 17.2 Å². The van der Waals surface area contributed by atoms with Gasteiger partial charge in [0, 0.05) is 30.0 Å². The van der Waals surface area contributed by atoms with Crippen molar-refractivity contribution in [3.63, 3.8) is 0 Å². The molecule has 4 nitrogen and oxygen atoms in total. The first-order valence-corrected chi connectivity index (χ1v) is 7.90. The van der Waals surface area contributed by atoms with Gasteiger partial charge >= 0.3 is 22.6 Å². The van der Waals surface area contributed by atoms with E-state index in [9.17, 15) is 5.11 Å². The molecule has 3 rings (SSSR count). The molecule has 2 aromatic carbocycles. The van der Waals surface area contributed by atoms with E-state index in [2.05, 4.69) is 24.3 Å². The van der Waals surface area contributed by atoms with Gasteiger partial charge in [-0.1, -0.05) is 90.7 Å². The molecule has 0 amide bonds. The van der Waals surface area contributed by atoms with Crippen LogP contribution in [0.2, 0.25) is 0 Å². The fourth-order valence-electron chi connectivity index (χ4n) is 1.85. The average molecular weight is 413 g/mol. The van der Waals surface area contributed by atoms with Crippen molar-refractivity contribution in [3.05, 3.63) is 127 Å². The molecule has 0 aromatic heterocycles. The molecular weight excluding hydrogens is 393 g/mol. The zero-order valence-corrected chi connectivity index (χ0v) is 16.3. The topological polar surface area (TPSA) is 72.1 Å². The summed E-state index contributed by atoms with van der Waals surface area (Å²) in [6.07, 6.45) is 11.7. The first kappa shape index (κ1) is 27.3. The number of benzene rings is 2. The Kier molecular flexibility index (Phi) is 19.8. The summed E-state index contributed by atoms with van der Waals surface area (Å²) >= 11 is 0. The van der Waals surface area contributed by atoms with Gasteiger partial charge in [-0.2, -0.15) is 0 Å². The first-order chi connectivity index (χ1) is 13.3. The van der Waals surface area contributed by atoms with Crippen molar-refractivity contribution in [2.75, 3.05) is 0 Å². The Bertz CT molecular complexity index is 772. The van der Waals surface area contributed by atoms with Gasteiger partial charge in [-0.3, -0.25) is 0 Å². The van der Waals surface area contributed by atoms with E-state index >= 15 is 0 Å². The third-order valence-electron chi connectivity index (χ3n) is 3.03. The van der Waals surface area contributed by atoms with E-state index in [0.29, 0.717) is 6.54 Å². The fraction of sp³-hybridized carbons (Fsp3) is 0.0435. The fourth-order valence-corrected chi connectivity index (χ4v) is 1.85. The Morgan fingerprint density at radius 2 is 1.36 bits per heavy atom. The third kappa shape index (κ3) is 14.2. The second-order valence-corrected chi connectivity index (χ2v) is 4.85. The van der Waals surface area contributed by atoms with Crippen LogP contribution in [0.1, 0.15) is 11.1 Å². The van der Waals surface area contributed by atoms with Crippen LogP contribution in [-0.2, 0) is 32.9 Å². The van der Waals surface area contributed by atoms with E-state index < -0.39 is 0 Å². The predicted molar refractivity (Wildman–Crippen MR) is 104 cm³/mol. The van der Waals surface area contributed by atoms with Crippen LogP contribution in [0.5, 0.6) is 0 Å². The summed E-state index contributed by atoms with van der Waals surface area (Å²) in [5, 5.41) is 12.5. The summed E-state index contributed by atoms with van der Waals surface area (Å²) in [4.78, 5) is 0. The molecule has 0 atom stereocenters. The Labute approximate surface area is 176 Å². The maximum Gasteiger partial charge on any atom is 0.00506 e. The minimum atomic E-state index is 0. The van der Waals surface area contributed by atoms with Crippen molar-refractivity contribution in [1.82, 2.24) is 5.32 Å². The minimum Gasteiger partial charge on any atom is -0.0767 e. The quantitative estimate of drug-likeness (QED) is 0.250. The molecule has 1 aliphatic carbocycles. The van der Waals surface area contributed by atoms with Crippen LogP contribution in [0.15, 0.2) is 96.6 Å². The van der Waals surface area contributed by atoms with Crippen molar-refractivity contribution in [2.24, 2.45) is 0 Å². The SMILES string of the molecule is OC(=C=Cc1ccccc1)NCc1ccccc1.[C-]#[O+].[C-]#[O+].[CH]1C=CC=C1.[Mn]. The number of aliphatic hydroxyl groups is 1. The summed E-state index contributed by atoms with van der Waals surface area (Å²) in [7, 11) is 0. The molecule has 0 aliphatic heterocycles. The maximum absolute atomic E-state index is 9.64. The molecule has 1 aliphatic rings. The van der Waals surface area contributed by atoms with Gasteiger partial charge in [0.15, 0.2) is 0 Å². The van der Waals surface area contributed by atoms with Gasteiger partial charge in [-0.25, -0.2) is 0 Å². The molecule has 142 valence electrons. The number of nitrogens with one attached hydrogen (secondary N) is 1. The standard InChI is InChI=1S/C16H15NO.C5H5.2CO.Mn/c18-16(12-11-14-7-3-1-4-8-14)17-13-15-9-5-2-6-10-15;1-2-4-5-3-1;2*1-2;/h1-11,17-18H,13H2;1-5H;;;. The molecule has 2 radical (unpaired) electrons. The van der Waals surface area contributed by atoms with Crippen LogP contribution in [0.4, 0.5) is 0 Å². The Hall–Kier alpha value is -2.96. The minimum absolute atomic E-state index is 0. The summed E-state index contributed by atoms with van der Waals surface area (Å²) in [5.41, 5.74) is 4.93. The molecule has 0 saturated carbocycles. The molecule has 28 heavy (non-hydrogen) atoms. The Balaban J connectivity index is 0. The van der Waals surface area contributed by atoms with Crippen LogP contribution >= 0.6 is 0 Å². The molecule has 2 aromatic rings. The number of hydrogen-bond acceptors (Lipinski definition) is 2. The second kappa shape index (κ2) is 20.4. The van der Waals surface area contributed by atoms with Gasteiger partial charge in [0.2, 0.25) is 5.88 Å². The van der Waals surface area contributed by atoms with Gasteiger partial charge in [0.1, 0.15) is 0 Å². The van der Waals surface area contributed by atoms with Gasteiger partial charge in [0.05, 0.1) is 0 Å². The van der Waals surface area contributed by atoms with Gasteiger partial charge in [-0.15, -0.1) is 0 Å². The third-order valence-corrected chi connectivity index (χ3v) is 3.03. The normalized spacial score (nSPS) is 9.29. The van der Waals surface area contributed by atoms with Gasteiger partial charge in [0.25, 0.3) is 0 Å². The molecule has 0 fully saturated rings. The van der Waals surface area contributed by atoms with Gasteiger partial charge < -0.3 is 10.4 Å². The van der Waals surface area contributed by atoms with Crippen molar-refractivity contribution in [2.45, 2.75) is 6.54 Å². The average Bonchev–Trinajstić information content (AvgIpc) is 3.35. The van der Waals surface area contributed by atoms with Crippen molar-refractivity contribution < 1.29 is 31.5 Å². The van der Waals surface area contributed by atoms with E-state index in [1.165, 1.54) is 0 Å². The van der Waals surface area contributed by atoms with E-state index in [1.54, 1.807) is 6.08 Å². The molecule has 0 spiro atoms. The summed E-state index contributed by atoms with van der Waals surface area (Å²) < 4.78 is 15.0. The molecule has 0 unspecified atom stereocenters. The monoisotopic (exact) mass is 413 g/mol. The Morgan fingerprint density at radius 3 is 1.82 bits per heavy atom. The molecule has 0 heterocycles. The van der Waals surface area contributed by atoms with Crippen LogP contribution in [-0.4, -0.2) is 5.11 Å². The van der Waals surface area contributed by atoms with E-state index in [4.69, 9.17) is 9.30 Å². The largest absolute Gasteiger partial charge is 0.0767 e. The van der Waals surface area contributed by atoms with Crippen molar-refractivity contribution in [3.8, 4) is 0 Å². The predicted octanol–water partition coefficient (Wildman–Crippen LogP) is 4.73. The number of rotatable bonds is 4. The van der Waals surface area contributed by atoms with Crippen LogP contribution in [0, 0.1) is 19.7 Å². The first-order valence-electron chi connectivity index (χ1n) is 7.90. The van der Waals surface area contributed by atoms with Crippen LogP contribution in [0.25, 0.3) is 6.08 Å². The smallest absolute Gasteiger partial charge is 0.00506 e. The zero-order valence-electron chi connectivity index (χ0n) is 15.1. The molecule has 2 N–H and O–H groups in total. The van der Waals surface area contributed by atoms with Crippen LogP contribution < -0.4 is 5.32 Å².